The van der Waals surface area contributed by atoms with E-state index in [1.54, 1.807) is 19.1 Å². The van der Waals surface area contributed by atoms with Crippen molar-refractivity contribution in [1.82, 2.24) is 0 Å². The number of aryl methyl sites for hydroxylation is 1. The highest BCUT2D eigenvalue weighted by atomic mass is 32.3. The van der Waals surface area contributed by atoms with Gasteiger partial charge in [-0.05, 0) is 29.3 Å². The van der Waals surface area contributed by atoms with E-state index in [0.717, 1.165) is 0 Å². The molecule has 0 unspecified atom stereocenters. The largest absolute Gasteiger partial charge is 0.460 e. The monoisotopic (exact) mass is 530 g/mol. The van der Waals surface area contributed by atoms with Crippen LogP contribution in [-0.2, 0) is 13.7 Å². The Hall–Kier alpha value is -1.67. The third-order valence-corrected chi connectivity index (χ3v) is 10.8. The SMILES string of the molecule is CCS(CC)(OS(=O)(=O)C(F)(F)C(F)(F)C(F)(F)C(F)(F)F)c1ccc(C)c2ccccc12. The average molecular weight is 530 g/mol. The van der Waals surface area contributed by atoms with Crippen molar-refractivity contribution < 1.29 is 51.6 Å². The Bertz CT molecular complexity index is 1130. The second-order valence-electron chi connectivity index (χ2n) is 7.00. The summed E-state index contributed by atoms with van der Waals surface area (Å²) in [5.74, 6) is -15.4. The fraction of sp³-hybridized carbons (Fsp3) is 0.474. The molecule has 0 spiro atoms. The molecular formula is C19H19F9O3S2. The van der Waals surface area contributed by atoms with Gasteiger partial charge in [0, 0.05) is 16.4 Å². The maximum Gasteiger partial charge on any atom is 0.460 e. The van der Waals surface area contributed by atoms with E-state index in [-0.39, 0.29) is 16.4 Å². The highest BCUT2D eigenvalue weighted by Crippen LogP contribution is 2.63. The number of fused-ring (bicyclic) bond motifs is 1. The van der Waals surface area contributed by atoms with Gasteiger partial charge in [0.05, 0.1) is 0 Å². The minimum absolute atomic E-state index is 0.0407. The van der Waals surface area contributed by atoms with Crippen LogP contribution in [0.1, 0.15) is 19.4 Å². The van der Waals surface area contributed by atoms with E-state index >= 15 is 0 Å². The van der Waals surface area contributed by atoms with Gasteiger partial charge in [-0.3, -0.25) is 0 Å². The minimum Gasteiger partial charge on any atom is -0.211 e. The normalized spacial score (nSPS) is 15.2. The molecule has 2 aromatic rings. The predicted molar refractivity (Wildman–Crippen MR) is 107 cm³/mol. The van der Waals surface area contributed by atoms with Gasteiger partial charge in [-0.15, -0.1) is 0 Å². The molecule has 0 aliphatic rings. The molecule has 0 aliphatic heterocycles. The van der Waals surface area contributed by atoms with Crippen LogP contribution in [-0.4, -0.2) is 43.2 Å². The lowest BCUT2D eigenvalue weighted by Crippen LogP contribution is -2.63. The van der Waals surface area contributed by atoms with Gasteiger partial charge in [0.1, 0.15) is 0 Å². The zero-order chi connectivity index (χ0) is 25.7. The summed E-state index contributed by atoms with van der Waals surface area (Å²) in [6, 6.07) is 9.08. The van der Waals surface area contributed by atoms with Crippen molar-refractivity contribution in [3.63, 3.8) is 0 Å². The Labute approximate surface area is 185 Å². The molecule has 0 aromatic heterocycles. The third-order valence-electron chi connectivity index (χ3n) is 5.09. The quantitative estimate of drug-likeness (QED) is 0.344. The van der Waals surface area contributed by atoms with Crippen LogP contribution >= 0.6 is 10.3 Å². The average Bonchev–Trinajstić information content (AvgIpc) is 2.71. The summed E-state index contributed by atoms with van der Waals surface area (Å²) in [7, 11) is -10.4. The summed E-state index contributed by atoms with van der Waals surface area (Å²) in [5.41, 5.74) is 0.694. The Morgan fingerprint density at radius 2 is 1.24 bits per heavy atom. The predicted octanol–water partition coefficient (Wildman–Crippen LogP) is 7.04. The van der Waals surface area contributed by atoms with Crippen molar-refractivity contribution in [3.8, 4) is 0 Å². The van der Waals surface area contributed by atoms with Gasteiger partial charge in [-0.2, -0.15) is 47.9 Å². The standard InChI is InChI=1S/C19H19F9O3S2/c1-4-32(5-2,15-11-10-12(3)13-8-6-7-9-14(13)15)31-33(29,30)19(27,28)17(22,23)16(20,21)18(24,25)26/h6-11H,4-5H2,1-3H3. The van der Waals surface area contributed by atoms with E-state index in [0.29, 0.717) is 16.3 Å². The molecule has 0 N–H and O–H groups in total. The Morgan fingerprint density at radius 3 is 1.70 bits per heavy atom. The Balaban J connectivity index is 2.70. The van der Waals surface area contributed by atoms with Gasteiger partial charge in [-0.25, -0.2) is 3.63 Å². The molecule has 2 rings (SSSR count). The second kappa shape index (κ2) is 8.52. The summed E-state index contributed by atoms with van der Waals surface area (Å²) in [6.07, 6.45) is -7.15. The Morgan fingerprint density at radius 1 is 0.758 bits per heavy atom. The van der Waals surface area contributed by atoms with Crippen LogP contribution in [0.3, 0.4) is 0 Å². The van der Waals surface area contributed by atoms with Crippen LogP contribution in [0.2, 0.25) is 0 Å². The van der Waals surface area contributed by atoms with Gasteiger partial charge in [0.25, 0.3) is 0 Å². The number of hydrogen-bond donors (Lipinski definition) is 0. The van der Waals surface area contributed by atoms with Gasteiger partial charge in [0.15, 0.2) is 0 Å². The molecule has 188 valence electrons. The molecule has 0 atom stereocenters. The number of hydrogen-bond acceptors (Lipinski definition) is 3. The maximum atomic E-state index is 14.3. The third kappa shape index (κ3) is 4.18. The second-order valence-corrected chi connectivity index (χ2v) is 12.2. The lowest BCUT2D eigenvalue weighted by atomic mass is 10.1. The molecule has 3 nitrogen and oxygen atoms in total. The van der Waals surface area contributed by atoms with Crippen LogP contribution in [0.25, 0.3) is 10.8 Å². The van der Waals surface area contributed by atoms with Crippen LogP contribution in [0.4, 0.5) is 39.5 Å². The first-order chi connectivity index (χ1) is 14.8. The molecule has 0 fully saturated rings. The van der Waals surface area contributed by atoms with Crippen LogP contribution in [0.15, 0.2) is 41.3 Å². The van der Waals surface area contributed by atoms with E-state index in [1.165, 1.54) is 38.1 Å². The van der Waals surface area contributed by atoms with Crippen molar-refractivity contribution in [3.05, 3.63) is 42.0 Å². The Kier molecular flexibility index (Phi) is 7.12. The van der Waals surface area contributed by atoms with Gasteiger partial charge in [-0.1, -0.05) is 54.5 Å². The van der Waals surface area contributed by atoms with Gasteiger partial charge in [0.2, 0.25) is 0 Å². The molecule has 0 bridgehead atoms. The van der Waals surface area contributed by atoms with Crippen LogP contribution in [0.5, 0.6) is 0 Å². The van der Waals surface area contributed by atoms with Crippen LogP contribution < -0.4 is 0 Å². The first kappa shape index (κ1) is 27.6. The molecule has 0 amide bonds. The first-order valence-electron chi connectivity index (χ1n) is 9.26. The number of alkyl halides is 9. The summed E-state index contributed by atoms with van der Waals surface area (Å²) >= 11 is 0. The van der Waals surface area contributed by atoms with Crippen molar-refractivity contribution in [1.29, 1.82) is 0 Å². The molecule has 0 aliphatic carbocycles. The van der Waals surface area contributed by atoms with Gasteiger partial charge < -0.3 is 0 Å². The van der Waals surface area contributed by atoms with E-state index in [4.69, 9.17) is 0 Å². The fourth-order valence-corrected chi connectivity index (χ4v) is 8.27. The highest BCUT2D eigenvalue weighted by molar-refractivity contribution is 8.33. The molecular weight excluding hydrogens is 511 g/mol. The number of halogens is 9. The van der Waals surface area contributed by atoms with Crippen molar-refractivity contribution in [2.45, 2.75) is 48.9 Å². The summed E-state index contributed by atoms with van der Waals surface area (Å²) in [6.45, 7) is 4.28. The summed E-state index contributed by atoms with van der Waals surface area (Å²) in [4.78, 5) is 0.0407. The summed E-state index contributed by atoms with van der Waals surface area (Å²) < 4.78 is 149. The van der Waals surface area contributed by atoms with E-state index < -0.39 is 43.7 Å². The van der Waals surface area contributed by atoms with Gasteiger partial charge >= 0.3 is 33.4 Å². The first-order valence-corrected chi connectivity index (χ1v) is 12.6. The lowest BCUT2D eigenvalue weighted by Gasteiger charge is -2.40. The number of rotatable bonds is 8. The zero-order valence-corrected chi connectivity index (χ0v) is 19.0. The molecule has 0 heterocycles. The molecule has 0 saturated heterocycles. The van der Waals surface area contributed by atoms with Crippen LogP contribution in [0, 0.1) is 6.92 Å². The van der Waals surface area contributed by atoms with E-state index in [2.05, 4.69) is 3.63 Å². The smallest absolute Gasteiger partial charge is 0.211 e. The highest BCUT2D eigenvalue weighted by Gasteiger charge is 2.86. The lowest BCUT2D eigenvalue weighted by molar-refractivity contribution is -0.382. The molecule has 2 aromatic carbocycles. The maximum absolute atomic E-state index is 14.3. The molecule has 33 heavy (non-hydrogen) atoms. The molecule has 14 heteroatoms. The molecule has 0 radical (unpaired) electrons. The summed E-state index contributed by atoms with van der Waals surface area (Å²) in [5, 5.41) is -6.01. The zero-order valence-electron chi connectivity index (χ0n) is 17.3. The van der Waals surface area contributed by atoms with E-state index in [9.17, 15) is 47.9 Å². The minimum atomic E-state index is -7.35. The van der Waals surface area contributed by atoms with Crippen molar-refractivity contribution in [2.75, 3.05) is 11.5 Å². The van der Waals surface area contributed by atoms with Crippen molar-refractivity contribution in [2.24, 2.45) is 0 Å². The molecule has 0 saturated carbocycles. The van der Waals surface area contributed by atoms with Crippen molar-refractivity contribution >= 4 is 31.2 Å². The topological polar surface area (TPSA) is 43.4 Å². The number of benzene rings is 2. The fourth-order valence-electron chi connectivity index (χ4n) is 3.13. The van der Waals surface area contributed by atoms with E-state index in [1.807, 2.05) is 0 Å².